The molecule has 0 heterocycles. The van der Waals surface area contributed by atoms with Crippen LogP contribution in [0.15, 0.2) is 12.1 Å². The third-order valence-corrected chi connectivity index (χ3v) is 2.09. The van der Waals surface area contributed by atoms with Gasteiger partial charge in [0.25, 0.3) is 0 Å². The number of hydrogen-bond donors (Lipinski definition) is 2. The van der Waals surface area contributed by atoms with E-state index in [0.717, 1.165) is 6.07 Å². The van der Waals surface area contributed by atoms with Gasteiger partial charge < -0.3 is 15.2 Å². The first-order chi connectivity index (χ1) is 7.40. The molecule has 6 heteroatoms. The fraction of sp³-hybridized carbons (Fsp3) is 0.400. The zero-order chi connectivity index (χ0) is 12.3. The van der Waals surface area contributed by atoms with Crippen LogP contribution in [0.2, 0.25) is 0 Å². The van der Waals surface area contributed by atoms with E-state index >= 15 is 0 Å². The first kappa shape index (κ1) is 12.6. The number of phenolic OH excluding ortho intramolecular Hbond substituents is 1. The number of methoxy groups -OCH3 is 1. The van der Waals surface area contributed by atoms with Crippen LogP contribution < -0.4 is 10.1 Å². The van der Waals surface area contributed by atoms with Crippen LogP contribution in [0.5, 0.6) is 11.5 Å². The Morgan fingerprint density at radius 1 is 1.38 bits per heavy atom. The van der Waals surface area contributed by atoms with Crippen molar-refractivity contribution in [2.24, 2.45) is 0 Å². The Labute approximate surface area is 90.8 Å². The Kier molecular flexibility index (Phi) is 3.64. The number of benzene rings is 1. The van der Waals surface area contributed by atoms with Gasteiger partial charge in [-0.2, -0.15) is 13.2 Å². The van der Waals surface area contributed by atoms with Crippen LogP contribution in [0, 0.1) is 0 Å². The number of halogens is 3. The Morgan fingerprint density at radius 3 is 2.44 bits per heavy atom. The van der Waals surface area contributed by atoms with Crippen LogP contribution >= 0.6 is 0 Å². The van der Waals surface area contributed by atoms with Crippen molar-refractivity contribution in [3.8, 4) is 11.5 Å². The van der Waals surface area contributed by atoms with Gasteiger partial charge in [0.2, 0.25) is 0 Å². The second kappa shape index (κ2) is 4.61. The van der Waals surface area contributed by atoms with Crippen molar-refractivity contribution < 1.29 is 23.0 Å². The Balaban J connectivity index is 3.26. The third-order valence-electron chi connectivity index (χ3n) is 2.09. The first-order valence-electron chi connectivity index (χ1n) is 4.51. The van der Waals surface area contributed by atoms with E-state index in [1.54, 1.807) is 7.05 Å². The number of rotatable bonds is 3. The largest absolute Gasteiger partial charge is 0.507 e. The van der Waals surface area contributed by atoms with E-state index in [1.807, 2.05) is 0 Å². The van der Waals surface area contributed by atoms with Crippen LogP contribution in [-0.2, 0) is 12.7 Å². The van der Waals surface area contributed by atoms with Gasteiger partial charge in [0.1, 0.15) is 11.5 Å². The van der Waals surface area contributed by atoms with Gasteiger partial charge in [0.05, 0.1) is 12.7 Å². The number of phenols is 1. The van der Waals surface area contributed by atoms with Gasteiger partial charge in [-0.3, -0.25) is 0 Å². The molecule has 0 fully saturated rings. The third kappa shape index (κ3) is 2.57. The lowest BCUT2D eigenvalue weighted by Gasteiger charge is -2.14. The zero-order valence-corrected chi connectivity index (χ0v) is 8.85. The minimum atomic E-state index is -4.50. The van der Waals surface area contributed by atoms with Gasteiger partial charge >= 0.3 is 6.18 Å². The lowest BCUT2D eigenvalue weighted by molar-refractivity contribution is -0.137. The first-order valence-corrected chi connectivity index (χ1v) is 4.51. The van der Waals surface area contributed by atoms with Crippen molar-refractivity contribution in [3.63, 3.8) is 0 Å². The predicted octanol–water partition coefficient (Wildman–Crippen LogP) is 2.14. The smallest absolute Gasteiger partial charge is 0.416 e. The van der Waals surface area contributed by atoms with Crippen molar-refractivity contribution in [2.75, 3.05) is 14.2 Å². The average Bonchev–Trinajstić information content (AvgIpc) is 2.19. The molecule has 0 spiro atoms. The highest BCUT2D eigenvalue weighted by Gasteiger charge is 2.32. The van der Waals surface area contributed by atoms with Crippen LogP contribution in [0.1, 0.15) is 11.1 Å². The lowest BCUT2D eigenvalue weighted by atomic mass is 10.1. The molecule has 0 saturated carbocycles. The SMILES string of the molecule is CNCc1c(O)cc(C(F)(F)F)cc1OC. The summed E-state index contributed by atoms with van der Waals surface area (Å²) in [6.07, 6.45) is -4.50. The van der Waals surface area contributed by atoms with Gasteiger partial charge in [0, 0.05) is 12.1 Å². The fourth-order valence-corrected chi connectivity index (χ4v) is 1.33. The fourth-order valence-electron chi connectivity index (χ4n) is 1.33. The van der Waals surface area contributed by atoms with E-state index in [0.29, 0.717) is 11.6 Å². The van der Waals surface area contributed by atoms with Gasteiger partial charge in [-0.05, 0) is 19.2 Å². The zero-order valence-electron chi connectivity index (χ0n) is 8.85. The minimum absolute atomic E-state index is 0.0154. The highest BCUT2D eigenvalue weighted by atomic mass is 19.4. The van der Waals surface area contributed by atoms with Crippen molar-refractivity contribution in [2.45, 2.75) is 12.7 Å². The molecule has 0 bridgehead atoms. The van der Waals surface area contributed by atoms with Crippen LogP contribution in [0.25, 0.3) is 0 Å². The molecule has 90 valence electrons. The Hall–Kier alpha value is -1.43. The molecule has 0 aliphatic rings. The number of aromatic hydroxyl groups is 1. The molecular formula is C10H12F3NO2. The molecule has 0 aromatic heterocycles. The summed E-state index contributed by atoms with van der Waals surface area (Å²) in [6, 6.07) is 1.56. The average molecular weight is 235 g/mol. The summed E-state index contributed by atoms with van der Waals surface area (Å²) in [5.74, 6) is -0.414. The van der Waals surface area contributed by atoms with Crippen LogP contribution in [0.3, 0.4) is 0 Å². The van der Waals surface area contributed by atoms with Gasteiger partial charge in [-0.15, -0.1) is 0 Å². The molecule has 0 atom stereocenters. The summed E-state index contributed by atoms with van der Waals surface area (Å²) in [5.41, 5.74) is -0.625. The minimum Gasteiger partial charge on any atom is -0.507 e. The summed E-state index contributed by atoms with van der Waals surface area (Å²) < 4.78 is 42.1. The molecule has 0 saturated heterocycles. The van der Waals surface area contributed by atoms with Gasteiger partial charge in [-0.1, -0.05) is 0 Å². The second-order valence-corrected chi connectivity index (χ2v) is 3.20. The maximum atomic E-state index is 12.4. The second-order valence-electron chi connectivity index (χ2n) is 3.20. The number of ether oxygens (including phenoxy) is 1. The summed E-state index contributed by atoms with van der Waals surface area (Å²) in [5, 5.41) is 12.2. The van der Waals surface area contributed by atoms with Crippen molar-refractivity contribution in [3.05, 3.63) is 23.3 Å². The molecule has 0 unspecified atom stereocenters. The molecule has 0 aliphatic carbocycles. The summed E-state index contributed by atoms with van der Waals surface area (Å²) in [4.78, 5) is 0. The normalized spacial score (nSPS) is 11.6. The van der Waals surface area contributed by atoms with E-state index in [4.69, 9.17) is 4.74 Å². The number of hydrogen-bond acceptors (Lipinski definition) is 3. The topological polar surface area (TPSA) is 41.5 Å². The molecule has 1 aromatic carbocycles. The molecule has 16 heavy (non-hydrogen) atoms. The van der Waals surface area contributed by atoms with Crippen molar-refractivity contribution in [1.82, 2.24) is 5.32 Å². The highest BCUT2D eigenvalue weighted by molar-refractivity contribution is 5.48. The predicted molar refractivity (Wildman–Crippen MR) is 52.4 cm³/mol. The van der Waals surface area contributed by atoms with E-state index in [9.17, 15) is 18.3 Å². The van der Waals surface area contributed by atoms with E-state index in [2.05, 4.69) is 5.32 Å². The van der Waals surface area contributed by atoms with Crippen molar-refractivity contribution >= 4 is 0 Å². The number of nitrogens with one attached hydrogen (secondary N) is 1. The quantitative estimate of drug-likeness (QED) is 0.843. The van der Waals surface area contributed by atoms with Gasteiger partial charge in [-0.25, -0.2) is 0 Å². The molecule has 1 rings (SSSR count). The standard InChI is InChI=1S/C10H12F3NO2/c1-14-5-7-8(15)3-6(10(11,12)13)4-9(7)16-2/h3-4,14-15H,5H2,1-2H3. The molecule has 3 nitrogen and oxygen atoms in total. The highest BCUT2D eigenvalue weighted by Crippen LogP contribution is 2.37. The van der Waals surface area contributed by atoms with E-state index < -0.39 is 17.5 Å². The molecule has 0 aliphatic heterocycles. The summed E-state index contributed by atoms with van der Waals surface area (Å²) >= 11 is 0. The maximum Gasteiger partial charge on any atom is 0.416 e. The molecule has 2 N–H and O–H groups in total. The molecular weight excluding hydrogens is 223 g/mol. The summed E-state index contributed by atoms with van der Waals surface area (Å²) in [6.45, 7) is 0.229. The Bertz CT molecular complexity index is 377. The molecule has 0 radical (unpaired) electrons. The summed E-state index contributed by atoms with van der Waals surface area (Å²) in [7, 11) is 2.88. The van der Waals surface area contributed by atoms with Crippen LogP contribution in [-0.4, -0.2) is 19.3 Å². The van der Waals surface area contributed by atoms with E-state index in [1.165, 1.54) is 7.11 Å². The monoisotopic (exact) mass is 235 g/mol. The Morgan fingerprint density at radius 2 is 2.00 bits per heavy atom. The van der Waals surface area contributed by atoms with Crippen molar-refractivity contribution in [1.29, 1.82) is 0 Å². The molecule has 1 aromatic rings. The molecule has 0 amide bonds. The van der Waals surface area contributed by atoms with Crippen LogP contribution in [0.4, 0.5) is 13.2 Å². The number of alkyl halides is 3. The van der Waals surface area contributed by atoms with Gasteiger partial charge in [0.15, 0.2) is 0 Å². The van der Waals surface area contributed by atoms with E-state index in [-0.39, 0.29) is 12.3 Å². The lowest BCUT2D eigenvalue weighted by Crippen LogP contribution is -2.10. The maximum absolute atomic E-state index is 12.4.